The van der Waals surface area contributed by atoms with Gasteiger partial charge < -0.3 is 9.64 Å². The molecule has 1 saturated heterocycles. The Kier molecular flexibility index (Phi) is 5.34. The highest BCUT2D eigenvalue weighted by Crippen LogP contribution is 2.35. The molecule has 1 aliphatic heterocycles. The lowest BCUT2D eigenvalue weighted by molar-refractivity contribution is 0.243. The van der Waals surface area contributed by atoms with Gasteiger partial charge in [-0.05, 0) is 39.1 Å². The fourth-order valence-corrected chi connectivity index (χ4v) is 4.31. The van der Waals surface area contributed by atoms with Crippen molar-refractivity contribution in [3.05, 3.63) is 72.1 Å². The summed E-state index contributed by atoms with van der Waals surface area (Å²) in [4.78, 5) is 11.9. The van der Waals surface area contributed by atoms with Gasteiger partial charge in [-0.25, -0.2) is 9.97 Å². The molecule has 2 aromatic carbocycles. The molecule has 1 aliphatic rings. The maximum atomic E-state index is 9.21. The van der Waals surface area contributed by atoms with Gasteiger partial charge in [0.2, 0.25) is 5.65 Å². The summed E-state index contributed by atoms with van der Waals surface area (Å²) in [5.41, 5.74) is 6.28. The van der Waals surface area contributed by atoms with Crippen LogP contribution in [0.1, 0.15) is 17.5 Å². The summed E-state index contributed by atoms with van der Waals surface area (Å²) in [5.74, 6) is 1.03. The van der Waals surface area contributed by atoms with Crippen molar-refractivity contribution >= 4 is 5.65 Å². The second kappa shape index (κ2) is 8.45. The van der Waals surface area contributed by atoms with Crippen molar-refractivity contribution in [2.75, 3.05) is 26.7 Å². The second-order valence-electron chi connectivity index (χ2n) is 8.52. The summed E-state index contributed by atoms with van der Waals surface area (Å²) in [6.45, 7) is 4.84. The van der Waals surface area contributed by atoms with E-state index in [1.165, 1.54) is 5.56 Å². The van der Waals surface area contributed by atoms with Crippen molar-refractivity contribution < 1.29 is 4.74 Å². The molecule has 1 fully saturated rings. The monoisotopic (exact) mass is 423 g/mol. The van der Waals surface area contributed by atoms with E-state index in [9.17, 15) is 5.26 Å². The number of likely N-dealkylation sites (tertiary alicyclic amines) is 1. The third-order valence-electron chi connectivity index (χ3n) is 6.07. The van der Waals surface area contributed by atoms with Gasteiger partial charge in [-0.2, -0.15) is 5.26 Å². The largest absolute Gasteiger partial charge is 0.475 e. The van der Waals surface area contributed by atoms with Crippen LogP contribution in [0, 0.1) is 24.2 Å². The molecule has 6 heteroatoms. The van der Waals surface area contributed by atoms with Crippen LogP contribution in [0.5, 0.6) is 5.88 Å². The molecular formula is C26H25N5O. The van der Waals surface area contributed by atoms with Gasteiger partial charge in [-0.1, -0.05) is 42.0 Å². The van der Waals surface area contributed by atoms with Crippen LogP contribution in [-0.4, -0.2) is 46.0 Å². The van der Waals surface area contributed by atoms with E-state index in [0.29, 0.717) is 29.6 Å². The first-order valence-electron chi connectivity index (χ1n) is 10.9. The number of nitrogens with zero attached hydrogens (tertiary/aromatic N) is 5. The Hall–Kier alpha value is -3.69. The average molecular weight is 424 g/mol. The van der Waals surface area contributed by atoms with Crippen LogP contribution in [0.2, 0.25) is 0 Å². The van der Waals surface area contributed by atoms with Crippen LogP contribution >= 0.6 is 0 Å². The highest BCUT2D eigenvalue weighted by Gasteiger charge is 2.23. The number of fused-ring (bicyclic) bond motifs is 1. The third kappa shape index (κ3) is 3.83. The molecule has 0 saturated carbocycles. The Morgan fingerprint density at radius 3 is 2.53 bits per heavy atom. The van der Waals surface area contributed by atoms with E-state index in [2.05, 4.69) is 58.6 Å². The van der Waals surface area contributed by atoms with Crippen molar-refractivity contribution in [1.29, 1.82) is 5.26 Å². The standard InChI is InChI=1S/C26H25N5O/c1-18-3-7-22(8-4-18)24-23(21-9-5-19(15-27)6-10-21)29-26(25-28-12-14-31(24)25)32-17-20-11-13-30(2)16-20/h3-10,12,14,20H,11,13,16-17H2,1-2H3/t20-/m1/s1. The predicted molar refractivity (Wildman–Crippen MR) is 124 cm³/mol. The molecule has 0 aliphatic carbocycles. The number of hydrogen-bond acceptors (Lipinski definition) is 5. The molecule has 160 valence electrons. The number of nitriles is 1. The Morgan fingerprint density at radius 1 is 1.09 bits per heavy atom. The van der Waals surface area contributed by atoms with Crippen LogP contribution in [0.25, 0.3) is 28.2 Å². The molecule has 0 bridgehead atoms. The first kappa shape index (κ1) is 20.2. The summed E-state index contributed by atoms with van der Waals surface area (Å²) in [5, 5.41) is 9.21. The smallest absolute Gasteiger partial charge is 0.259 e. The van der Waals surface area contributed by atoms with Crippen LogP contribution < -0.4 is 4.74 Å². The molecule has 2 aromatic heterocycles. The van der Waals surface area contributed by atoms with Crippen molar-refractivity contribution in [3.63, 3.8) is 0 Å². The summed E-state index contributed by atoms with van der Waals surface area (Å²) in [7, 11) is 2.14. The number of aryl methyl sites for hydroxylation is 1. The fourth-order valence-electron chi connectivity index (χ4n) is 4.31. The fraction of sp³-hybridized carbons (Fsp3) is 0.269. The summed E-state index contributed by atoms with van der Waals surface area (Å²) < 4.78 is 8.31. The van der Waals surface area contributed by atoms with Gasteiger partial charge in [-0.3, -0.25) is 4.40 Å². The zero-order valence-electron chi connectivity index (χ0n) is 18.3. The topological polar surface area (TPSA) is 66.5 Å². The maximum absolute atomic E-state index is 9.21. The predicted octanol–water partition coefficient (Wildman–Crippen LogP) is 4.57. The number of rotatable bonds is 5. The molecular weight excluding hydrogens is 398 g/mol. The molecule has 32 heavy (non-hydrogen) atoms. The third-order valence-corrected chi connectivity index (χ3v) is 6.07. The minimum Gasteiger partial charge on any atom is -0.475 e. The first-order chi connectivity index (χ1) is 15.6. The number of aromatic nitrogens is 3. The lowest BCUT2D eigenvalue weighted by atomic mass is 10.0. The van der Waals surface area contributed by atoms with Gasteiger partial charge in [-0.15, -0.1) is 0 Å². The Morgan fingerprint density at radius 2 is 1.84 bits per heavy atom. The van der Waals surface area contributed by atoms with E-state index in [1.807, 2.05) is 30.5 Å². The highest BCUT2D eigenvalue weighted by atomic mass is 16.5. The lowest BCUT2D eigenvalue weighted by Gasteiger charge is -2.17. The molecule has 0 unspecified atom stereocenters. The molecule has 5 rings (SSSR count). The van der Waals surface area contributed by atoms with Crippen molar-refractivity contribution in [3.8, 4) is 34.5 Å². The van der Waals surface area contributed by atoms with Crippen molar-refractivity contribution in [2.24, 2.45) is 5.92 Å². The van der Waals surface area contributed by atoms with Gasteiger partial charge in [0.15, 0.2) is 0 Å². The summed E-state index contributed by atoms with van der Waals surface area (Å²) in [6.07, 6.45) is 4.87. The van der Waals surface area contributed by atoms with E-state index in [1.54, 1.807) is 6.20 Å². The van der Waals surface area contributed by atoms with Gasteiger partial charge in [0.25, 0.3) is 5.88 Å². The first-order valence-corrected chi connectivity index (χ1v) is 10.9. The molecule has 0 N–H and O–H groups in total. The van der Waals surface area contributed by atoms with Crippen molar-refractivity contribution in [2.45, 2.75) is 13.3 Å². The molecule has 4 aromatic rings. The van der Waals surface area contributed by atoms with E-state index in [0.717, 1.165) is 42.0 Å². The Bertz CT molecular complexity index is 1290. The van der Waals surface area contributed by atoms with Gasteiger partial charge in [0.1, 0.15) is 0 Å². The molecule has 0 amide bonds. The number of hydrogen-bond donors (Lipinski definition) is 0. The minimum absolute atomic E-state index is 0.493. The molecule has 3 heterocycles. The van der Waals surface area contributed by atoms with E-state index >= 15 is 0 Å². The van der Waals surface area contributed by atoms with Gasteiger partial charge in [0, 0.05) is 36.0 Å². The quantitative estimate of drug-likeness (QED) is 0.470. The maximum Gasteiger partial charge on any atom is 0.259 e. The Labute approximate surface area is 187 Å². The zero-order chi connectivity index (χ0) is 22.1. The number of ether oxygens (including phenoxy) is 1. The molecule has 0 radical (unpaired) electrons. The molecule has 6 nitrogen and oxygen atoms in total. The van der Waals surface area contributed by atoms with Crippen LogP contribution in [0.4, 0.5) is 0 Å². The lowest BCUT2D eigenvalue weighted by Crippen LogP contribution is -2.18. The molecule has 0 spiro atoms. The average Bonchev–Trinajstić information content (AvgIpc) is 3.47. The zero-order valence-corrected chi connectivity index (χ0v) is 18.3. The highest BCUT2D eigenvalue weighted by molar-refractivity contribution is 5.81. The van der Waals surface area contributed by atoms with E-state index in [4.69, 9.17) is 9.72 Å². The molecule has 1 atom stereocenters. The number of benzene rings is 2. The summed E-state index contributed by atoms with van der Waals surface area (Å²) >= 11 is 0. The van der Waals surface area contributed by atoms with Crippen LogP contribution in [-0.2, 0) is 0 Å². The number of imidazole rings is 1. The normalized spacial score (nSPS) is 16.3. The van der Waals surface area contributed by atoms with E-state index < -0.39 is 0 Å². The SMILES string of the molecule is Cc1ccc(-c2c(-c3ccc(C#N)cc3)nc(OC[C@@H]3CCN(C)C3)c3nccn23)cc1. The minimum atomic E-state index is 0.493. The van der Waals surface area contributed by atoms with Crippen molar-refractivity contribution in [1.82, 2.24) is 19.3 Å². The van der Waals surface area contributed by atoms with E-state index in [-0.39, 0.29) is 0 Å². The van der Waals surface area contributed by atoms with Gasteiger partial charge >= 0.3 is 0 Å². The Balaban J connectivity index is 1.64. The van der Waals surface area contributed by atoms with Crippen LogP contribution in [0.15, 0.2) is 60.9 Å². The van der Waals surface area contributed by atoms with Gasteiger partial charge in [0.05, 0.1) is 29.6 Å². The van der Waals surface area contributed by atoms with Crippen LogP contribution in [0.3, 0.4) is 0 Å². The second-order valence-corrected chi connectivity index (χ2v) is 8.52. The summed E-state index contributed by atoms with van der Waals surface area (Å²) in [6, 6.07) is 18.1.